The Morgan fingerprint density at radius 1 is 1.04 bits per heavy atom. The molecule has 1 aromatic heterocycles. The number of halogens is 1. The molecule has 2 N–H and O–H groups in total. The Labute approximate surface area is 151 Å². The van der Waals surface area contributed by atoms with Crippen LogP contribution in [-0.4, -0.2) is 15.9 Å². The summed E-state index contributed by atoms with van der Waals surface area (Å²) >= 11 is 0. The smallest absolute Gasteiger partial charge is 0.270 e. The molecule has 3 rings (SSSR count). The van der Waals surface area contributed by atoms with E-state index in [2.05, 4.69) is 20.6 Å². The van der Waals surface area contributed by atoms with E-state index in [9.17, 15) is 9.18 Å². The van der Waals surface area contributed by atoms with Gasteiger partial charge in [-0.3, -0.25) is 4.79 Å². The fourth-order valence-electron chi connectivity index (χ4n) is 2.50. The van der Waals surface area contributed by atoms with Gasteiger partial charge in [-0.2, -0.15) is 0 Å². The molecule has 3 aromatic rings. The molecule has 0 spiro atoms. The fraction of sp³-hybridized carbons (Fsp3) is 0.150. The zero-order chi connectivity index (χ0) is 18.5. The molecular weight excluding hydrogens is 331 g/mol. The van der Waals surface area contributed by atoms with Crippen LogP contribution in [0.15, 0.2) is 54.6 Å². The zero-order valence-electron chi connectivity index (χ0n) is 14.6. The van der Waals surface area contributed by atoms with E-state index in [0.717, 1.165) is 11.1 Å². The molecule has 26 heavy (non-hydrogen) atoms. The van der Waals surface area contributed by atoms with E-state index in [-0.39, 0.29) is 23.4 Å². The third-order valence-electron chi connectivity index (χ3n) is 3.72. The number of nitrogens with one attached hydrogen (secondary N) is 2. The van der Waals surface area contributed by atoms with Gasteiger partial charge in [0.1, 0.15) is 11.5 Å². The van der Waals surface area contributed by atoms with Crippen LogP contribution in [0.5, 0.6) is 0 Å². The quantitative estimate of drug-likeness (QED) is 0.732. The highest BCUT2D eigenvalue weighted by atomic mass is 19.1. The second-order valence-corrected chi connectivity index (χ2v) is 6.02. The maximum atomic E-state index is 13.0. The number of benzene rings is 2. The minimum absolute atomic E-state index is 0.273. The van der Waals surface area contributed by atoms with Gasteiger partial charge in [0.25, 0.3) is 5.91 Å². The van der Waals surface area contributed by atoms with Gasteiger partial charge in [0.15, 0.2) is 0 Å². The lowest BCUT2D eigenvalue weighted by atomic mass is 10.1. The van der Waals surface area contributed by atoms with E-state index in [1.54, 1.807) is 25.1 Å². The first-order valence-corrected chi connectivity index (χ1v) is 8.21. The molecule has 132 valence electrons. The van der Waals surface area contributed by atoms with E-state index in [0.29, 0.717) is 17.9 Å². The van der Waals surface area contributed by atoms with Crippen molar-refractivity contribution >= 4 is 17.5 Å². The van der Waals surface area contributed by atoms with Crippen LogP contribution in [-0.2, 0) is 6.54 Å². The minimum Gasteiger partial charge on any atom is -0.347 e. The van der Waals surface area contributed by atoms with Crippen molar-refractivity contribution in [2.24, 2.45) is 0 Å². The summed E-state index contributed by atoms with van der Waals surface area (Å²) in [7, 11) is 0. The van der Waals surface area contributed by atoms with Gasteiger partial charge >= 0.3 is 0 Å². The number of anilines is 2. The Balaban J connectivity index is 1.71. The van der Waals surface area contributed by atoms with Gasteiger partial charge in [-0.15, -0.1) is 0 Å². The molecule has 0 bridgehead atoms. The van der Waals surface area contributed by atoms with Crippen LogP contribution in [0.3, 0.4) is 0 Å². The molecule has 2 aromatic carbocycles. The zero-order valence-corrected chi connectivity index (χ0v) is 14.6. The van der Waals surface area contributed by atoms with Crippen LogP contribution in [0.25, 0.3) is 0 Å². The maximum Gasteiger partial charge on any atom is 0.270 e. The average molecular weight is 350 g/mol. The van der Waals surface area contributed by atoms with Crippen molar-refractivity contribution in [2.45, 2.75) is 20.4 Å². The average Bonchev–Trinajstić information content (AvgIpc) is 2.61. The van der Waals surface area contributed by atoms with Crippen LogP contribution in [0, 0.1) is 19.7 Å². The standard InChI is InChI=1S/C20H19FN4O/c1-13-4-3-5-15(10-13)12-22-19(26)18-11-14(2)23-20(25-18)24-17-8-6-16(21)7-9-17/h3-11H,12H2,1-2H3,(H,22,26)(H,23,24,25). The molecule has 0 aliphatic rings. The SMILES string of the molecule is Cc1cccc(CNC(=O)c2cc(C)nc(Nc3ccc(F)cc3)n2)c1. The Bertz CT molecular complexity index is 925. The molecule has 0 aliphatic carbocycles. The van der Waals surface area contributed by atoms with Crippen LogP contribution < -0.4 is 10.6 Å². The summed E-state index contributed by atoms with van der Waals surface area (Å²) in [6, 6.07) is 15.4. The van der Waals surface area contributed by atoms with E-state index in [4.69, 9.17) is 0 Å². The monoisotopic (exact) mass is 350 g/mol. The van der Waals surface area contributed by atoms with Crippen molar-refractivity contribution in [3.8, 4) is 0 Å². The molecule has 0 unspecified atom stereocenters. The van der Waals surface area contributed by atoms with Gasteiger partial charge in [0.2, 0.25) is 5.95 Å². The van der Waals surface area contributed by atoms with Gasteiger partial charge in [0, 0.05) is 17.9 Å². The fourth-order valence-corrected chi connectivity index (χ4v) is 2.50. The van der Waals surface area contributed by atoms with E-state index in [1.807, 2.05) is 31.2 Å². The lowest BCUT2D eigenvalue weighted by Gasteiger charge is -2.09. The molecular formula is C20H19FN4O. The first-order chi connectivity index (χ1) is 12.5. The number of carbonyl (C=O) groups excluding carboxylic acids is 1. The molecule has 1 heterocycles. The molecule has 0 aliphatic heterocycles. The van der Waals surface area contributed by atoms with Crippen LogP contribution in [0.2, 0.25) is 0 Å². The third kappa shape index (κ3) is 4.63. The summed E-state index contributed by atoms with van der Waals surface area (Å²) in [4.78, 5) is 20.9. The second-order valence-electron chi connectivity index (χ2n) is 6.02. The summed E-state index contributed by atoms with van der Waals surface area (Å²) in [6.07, 6.45) is 0. The molecule has 1 amide bonds. The first-order valence-electron chi connectivity index (χ1n) is 8.21. The van der Waals surface area contributed by atoms with Crippen molar-refractivity contribution in [3.05, 3.63) is 82.9 Å². The summed E-state index contributed by atoms with van der Waals surface area (Å²) in [5.41, 5.74) is 3.73. The number of carbonyl (C=O) groups is 1. The van der Waals surface area contributed by atoms with Gasteiger partial charge in [-0.25, -0.2) is 14.4 Å². The highest BCUT2D eigenvalue weighted by Crippen LogP contribution is 2.14. The number of aromatic nitrogens is 2. The van der Waals surface area contributed by atoms with Gasteiger partial charge in [0.05, 0.1) is 0 Å². The topological polar surface area (TPSA) is 66.9 Å². The number of rotatable bonds is 5. The summed E-state index contributed by atoms with van der Waals surface area (Å²) in [5.74, 6) is -0.312. The van der Waals surface area contributed by atoms with E-state index < -0.39 is 0 Å². The van der Waals surface area contributed by atoms with Gasteiger partial charge in [-0.05, 0) is 49.7 Å². The molecule has 0 saturated heterocycles. The molecule has 6 heteroatoms. The van der Waals surface area contributed by atoms with Crippen LogP contribution >= 0.6 is 0 Å². The van der Waals surface area contributed by atoms with Crippen LogP contribution in [0.1, 0.15) is 27.3 Å². The summed E-state index contributed by atoms with van der Waals surface area (Å²) < 4.78 is 13.0. The maximum absolute atomic E-state index is 13.0. The van der Waals surface area contributed by atoms with E-state index in [1.165, 1.54) is 12.1 Å². The number of hydrogen-bond acceptors (Lipinski definition) is 4. The highest BCUT2D eigenvalue weighted by molar-refractivity contribution is 5.92. The largest absolute Gasteiger partial charge is 0.347 e. The van der Waals surface area contributed by atoms with Crippen molar-refractivity contribution in [1.82, 2.24) is 15.3 Å². The van der Waals surface area contributed by atoms with Crippen molar-refractivity contribution < 1.29 is 9.18 Å². The predicted molar refractivity (Wildman–Crippen MR) is 98.8 cm³/mol. The summed E-state index contributed by atoms with van der Waals surface area (Å²) in [5, 5.41) is 5.84. The molecule has 0 atom stereocenters. The highest BCUT2D eigenvalue weighted by Gasteiger charge is 2.11. The van der Waals surface area contributed by atoms with Crippen molar-refractivity contribution in [1.29, 1.82) is 0 Å². The molecule has 5 nitrogen and oxygen atoms in total. The Morgan fingerprint density at radius 3 is 2.54 bits per heavy atom. The second kappa shape index (κ2) is 7.74. The number of aryl methyl sites for hydroxylation is 2. The van der Waals surface area contributed by atoms with Gasteiger partial charge < -0.3 is 10.6 Å². The van der Waals surface area contributed by atoms with Crippen molar-refractivity contribution in [3.63, 3.8) is 0 Å². The first kappa shape index (κ1) is 17.5. The Morgan fingerprint density at radius 2 is 1.81 bits per heavy atom. The minimum atomic E-state index is -0.322. The number of amides is 1. The lowest BCUT2D eigenvalue weighted by molar-refractivity contribution is 0.0945. The predicted octanol–water partition coefficient (Wildman–Crippen LogP) is 3.91. The normalized spacial score (nSPS) is 10.4. The van der Waals surface area contributed by atoms with Crippen LogP contribution in [0.4, 0.5) is 16.0 Å². The lowest BCUT2D eigenvalue weighted by Crippen LogP contribution is -2.24. The molecule has 0 fully saturated rings. The Hall–Kier alpha value is -3.28. The van der Waals surface area contributed by atoms with E-state index >= 15 is 0 Å². The third-order valence-corrected chi connectivity index (χ3v) is 3.72. The molecule has 0 radical (unpaired) electrons. The van der Waals surface area contributed by atoms with Gasteiger partial charge in [-0.1, -0.05) is 29.8 Å². The number of hydrogen-bond donors (Lipinski definition) is 2. The summed E-state index contributed by atoms with van der Waals surface area (Å²) in [6.45, 7) is 4.21. The number of nitrogens with zero attached hydrogens (tertiary/aromatic N) is 2. The van der Waals surface area contributed by atoms with Crippen molar-refractivity contribution in [2.75, 3.05) is 5.32 Å². The molecule has 0 saturated carbocycles. The Kier molecular flexibility index (Phi) is 5.22.